The van der Waals surface area contributed by atoms with Gasteiger partial charge in [-0.3, -0.25) is 4.79 Å². The number of nitrogens with one attached hydrogen (secondary N) is 1. The molecule has 2 aromatic rings. The van der Waals surface area contributed by atoms with Crippen molar-refractivity contribution < 1.29 is 9.53 Å². The van der Waals surface area contributed by atoms with E-state index in [1.54, 1.807) is 0 Å². The number of hydrazone groups is 1. The highest BCUT2D eigenvalue weighted by molar-refractivity contribution is 5.92. The van der Waals surface area contributed by atoms with E-state index in [9.17, 15) is 4.79 Å². The van der Waals surface area contributed by atoms with E-state index in [0.717, 1.165) is 16.8 Å². The minimum absolute atomic E-state index is 0.0135. The van der Waals surface area contributed by atoms with Crippen LogP contribution in [0.3, 0.4) is 0 Å². The van der Waals surface area contributed by atoms with Gasteiger partial charge in [0.2, 0.25) is 5.91 Å². The Balaban J connectivity index is 2.15. The summed E-state index contributed by atoms with van der Waals surface area (Å²) in [7, 11) is 0. The molecule has 4 nitrogen and oxygen atoms in total. The fourth-order valence-corrected chi connectivity index (χ4v) is 2.55. The minimum atomic E-state index is -0.136. The number of hydrogen-bond donors (Lipinski definition) is 1. The first-order chi connectivity index (χ1) is 11.7. The summed E-state index contributed by atoms with van der Waals surface area (Å²) in [6, 6.07) is 20.3. The van der Waals surface area contributed by atoms with E-state index in [1.165, 1.54) is 0 Å². The lowest BCUT2D eigenvalue weighted by molar-refractivity contribution is -0.122. The Morgan fingerprint density at radius 3 is 2.08 bits per heavy atom. The lowest BCUT2D eigenvalue weighted by Gasteiger charge is -2.18. The van der Waals surface area contributed by atoms with Crippen LogP contribution in [0.15, 0.2) is 65.8 Å². The molecule has 0 aromatic heterocycles. The number of benzene rings is 2. The van der Waals surface area contributed by atoms with Crippen LogP contribution in [-0.4, -0.2) is 24.8 Å². The number of hydrogen-bond acceptors (Lipinski definition) is 3. The van der Waals surface area contributed by atoms with Gasteiger partial charge in [-0.1, -0.05) is 60.7 Å². The summed E-state index contributed by atoms with van der Waals surface area (Å²) >= 11 is 0. The molecule has 0 radical (unpaired) electrons. The molecule has 0 unspecified atom stereocenters. The second kappa shape index (κ2) is 9.63. The lowest BCUT2D eigenvalue weighted by Crippen LogP contribution is -2.22. The average molecular weight is 324 g/mol. The molecule has 126 valence electrons. The van der Waals surface area contributed by atoms with Crippen LogP contribution in [0.4, 0.5) is 0 Å². The van der Waals surface area contributed by atoms with E-state index < -0.39 is 0 Å². The Hall–Kier alpha value is -2.46. The zero-order chi connectivity index (χ0) is 17.2. The van der Waals surface area contributed by atoms with E-state index in [-0.39, 0.29) is 11.8 Å². The maximum Gasteiger partial charge on any atom is 0.242 e. The molecule has 0 bridgehead atoms. The first-order valence-electron chi connectivity index (χ1n) is 8.23. The second-order valence-electron chi connectivity index (χ2n) is 5.49. The van der Waals surface area contributed by atoms with E-state index >= 15 is 0 Å². The van der Waals surface area contributed by atoms with E-state index in [0.29, 0.717) is 19.6 Å². The number of carbonyl (C=O) groups excluding carboxylic acids is 1. The molecule has 24 heavy (non-hydrogen) atoms. The first-order valence-corrected chi connectivity index (χ1v) is 8.23. The van der Waals surface area contributed by atoms with Crippen molar-refractivity contribution in [2.75, 3.05) is 13.2 Å². The standard InChI is InChI=1S/C20H24N2O2/c1-3-24-15-14-19(23)22-21-16(2)20(17-10-6-4-7-11-17)18-12-8-5-9-13-18/h4-13,20H,3,14-15H2,1-2H3,(H,22,23)/b21-16+. The van der Waals surface area contributed by atoms with Crippen molar-refractivity contribution in [3.63, 3.8) is 0 Å². The zero-order valence-corrected chi connectivity index (χ0v) is 14.2. The van der Waals surface area contributed by atoms with Crippen molar-refractivity contribution in [2.45, 2.75) is 26.2 Å². The number of rotatable bonds is 8. The molecule has 0 fully saturated rings. The topological polar surface area (TPSA) is 50.7 Å². The van der Waals surface area contributed by atoms with Gasteiger partial charge in [0.1, 0.15) is 0 Å². The van der Waals surface area contributed by atoms with Crippen molar-refractivity contribution in [1.29, 1.82) is 0 Å². The first kappa shape index (κ1) is 17.9. The van der Waals surface area contributed by atoms with Crippen LogP contribution < -0.4 is 5.43 Å². The van der Waals surface area contributed by atoms with Gasteiger partial charge in [-0.2, -0.15) is 5.10 Å². The predicted octanol–water partition coefficient (Wildman–Crippen LogP) is 3.74. The van der Waals surface area contributed by atoms with Crippen molar-refractivity contribution >= 4 is 11.6 Å². The summed E-state index contributed by atoms with van der Waals surface area (Å²) < 4.78 is 5.19. The quantitative estimate of drug-likeness (QED) is 0.457. The minimum Gasteiger partial charge on any atom is -0.381 e. The summed E-state index contributed by atoms with van der Waals surface area (Å²) in [5.41, 5.74) is 5.77. The fourth-order valence-electron chi connectivity index (χ4n) is 2.55. The van der Waals surface area contributed by atoms with Gasteiger partial charge >= 0.3 is 0 Å². The van der Waals surface area contributed by atoms with Gasteiger partial charge in [0, 0.05) is 18.2 Å². The summed E-state index contributed by atoms with van der Waals surface area (Å²) in [4.78, 5) is 11.8. The van der Waals surface area contributed by atoms with Crippen LogP contribution in [0, 0.1) is 0 Å². The Bertz CT molecular complexity index is 614. The highest BCUT2D eigenvalue weighted by Gasteiger charge is 2.17. The molecule has 0 saturated carbocycles. The van der Waals surface area contributed by atoms with Crippen molar-refractivity contribution in [3.05, 3.63) is 71.8 Å². The number of carbonyl (C=O) groups is 1. The molecule has 0 aliphatic heterocycles. The molecule has 0 saturated heterocycles. The van der Waals surface area contributed by atoms with E-state index in [2.05, 4.69) is 34.8 Å². The monoisotopic (exact) mass is 324 g/mol. The Morgan fingerprint density at radius 2 is 1.58 bits per heavy atom. The van der Waals surface area contributed by atoms with E-state index in [1.807, 2.05) is 50.2 Å². The molecule has 0 aliphatic rings. The van der Waals surface area contributed by atoms with Crippen LogP contribution in [0.1, 0.15) is 37.3 Å². The molecule has 1 amide bonds. The van der Waals surface area contributed by atoms with Gasteiger partial charge in [-0.25, -0.2) is 5.43 Å². The second-order valence-corrected chi connectivity index (χ2v) is 5.49. The summed E-state index contributed by atoms with van der Waals surface area (Å²) in [5.74, 6) is -0.123. The van der Waals surface area contributed by atoms with Crippen molar-refractivity contribution in [3.8, 4) is 0 Å². The third-order valence-electron chi connectivity index (χ3n) is 3.72. The highest BCUT2D eigenvalue weighted by Crippen LogP contribution is 2.25. The average Bonchev–Trinajstić information content (AvgIpc) is 2.62. The molecule has 0 spiro atoms. The van der Waals surface area contributed by atoms with Gasteiger partial charge in [-0.15, -0.1) is 0 Å². The number of ether oxygens (including phenoxy) is 1. The molecule has 4 heteroatoms. The predicted molar refractivity (Wildman–Crippen MR) is 97.1 cm³/mol. The third kappa shape index (κ3) is 5.32. The van der Waals surface area contributed by atoms with Crippen LogP contribution in [0.5, 0.6) is 0 Å². The molecule has 2 rings (SSSR count). The van der Waals surface area contributed by atoms with Crippen molar-refractivity contribution in [1.82, 2.24) is 5.43 Å². The maximum atomic E-state index is 11.8. The van der Waals surface area contributed by atoms with Crippen molar-refractivity contribution in [2.24, 2.45) is 5.10 Å². The van der Waals surface area contributed by atoms with Crippen LogP contribution in [0.25, 0.3) is 0 Å². The normalized spacial score (nSPS) is 11.5. The number of nitrogens with zero attached hydrogens (tertiary/aromatic N) is 1. The largest absolute Gasteiger partial charge is 0.381 e. The molecule has 2 aromatic carbocycles. The SMILES string of the molecule is CCOCCC(=O)N/N=C(\C)C(c1ccccc1)c1ccccc1. The molecule has 0 aliphatic carbocycles. The maximum absolute atomic E-state index is 11.8. The summed E-state index contributed by atoms with van der Waals surface area (Å²) in [5, 5.41) is 4.32. The van der Waals surface area contributed by atoms with Crippen LogP contribution >= 0.6 is 0 Å². The van der Waals surface area contributed by atoms with Crippen LogP contribution in [-0.2, 0) is 9.53 Å². The molecule has 1 N–H and O–H groups in total. The van der Waals surface area contributed by atoms with E-state index in [4.69, 9.17) is 4.74 Å². The van der Waals surface area contributed by atoms with Gasteiger partial charge < -0.3 is 4.74 Å². The van der Waals surface area contributed by atoms with Crippen LogP contribution in [0.2, 0.25) is 0 Å². The van der Waals surface area contributed by atoms with Gasteiger partial charge in [0.05, 0.1) is 13.0 Å². The smallest absolute Gasteiger partial charge is 0.242 e. The molecule has 0 heterocycles. The summed E-state index contributed by atoms with van der Waals surface area (Å²) in [6.45, 7) is 4.87. The third-order valence-corrected chi connectivity index (χ3v) is 3.72. The Morgan fingerprint density at radius 1 is 1.04 bits per heavy atom. The molecule has 0 atom stereocenters. The van der Waals surface area contributed by atoms with Gasteiger partial charge in [0.15, 0.2) is 0 Å². The van der Waals surface area contributed by atoms with Gasteiger partial charge in [-0.05, 0) is 25.0 Å². The summed E-state index contributed by atoms with van der Waals surface area (Å²) in [6.07, 6.45) is 0.311. The Kier molecular flexibility index (Phi) is 7.18. The van der Waals surface area contributed by atoms with Gasteiger partial charge in [0.25, 0.3) is 0 Å². The Labute approximate surface area is 143 Å². The fraction of sp³-hybridized carbons (Fsp3) is 0.300. The molecular weight excluding hydrogens is 300 g/mol. The molecular formula is C20H24N2O2. The zero-order valence-electron chi connectivity index (χ0n) is 14.2. The number of amides is 1. The highest BCUT2D eigenvalue weighted by atomic mass is 16.5. The lowest BCUT2D eigenvalue weighted by atomic mass is 9.88.